The Balaban J connectivity index is 1.37. The average Bonchev–Trinajstić information content (AvgIpc) is 3.30. The van der Waals surface area contributed by atoms with Gasteiger partial charge in [0.05, 0.1) is 24.3 Å². The number of alkyl halides is 3. The zero-order valence-corrected chi connectivity index (χ0v) is 18.2. The number of aryl methyl sites for hydroxylation is 2. The number of carboxylic acids is 1. The summed E-state index contributed by atoms with van der Waals surface area (Å²) in [6.07, 6.45) is -1.92. The highest BCUT2D eigenvalue weighted by molar-refractivity contribution is 7.15. The van der Waals surface area contributed by atoms with Crippen molar-refractivity contribution in [1.82, 2.24) is 4.98 Å². The second-order valence-electron chi connectivity index (χ2n) is 7.89. The Morgan fingerprint density at radius 3 is 2.66 bits per heavy atom. The molecule has 32 heavy (non-hydrogen) atoms. The molecule has 8 heteroatoms. The van der Waals surface area contributed by atoms with E-state index < -0.39 is 17.7 Å². The summed E-state index contributed by atoms with van der Waals surface area (Å²) in [5.74, 6) is 0.0332. The summed E-state index contributed by atoms with van der Waals surface area (Å²) in [5.41, 5.74) is 3.09. The highest BCUT2D eigenvalue weighted by atomic mass is 32.1. The summed E-state index contributed by atoms with van der Waals surface area (Å²) >= 11 is 1.45. The van der Waals surface area contributed by atoms with Gasteiger partial charge in [0.2, 0.25) is 0 Å². The minimum Gasteiger partial charge on any atom is -0.493 e. The summed E-state index contributed by atoms with van der Waals surface area (Å²) in [4.78, 5) is 16.6. The highest BCUT2D eigenvalue weighted by Gasteiger charge is 2.30. The van der Waals surface area contributed by atoms with E-state index in [4.69, 9.17) is 9.84 Å². The lowest BCUT2D eigenvalue weighted by Gasteiger charge is -2.10. The number of halogens is 3. The van der Waals surface area contributed by atoms with Gasteiger partial charge in [0, 0.05) is 16.9 Å². The maximum atomic E-state index is 12.8. The number of hydrogen-bond acceptors (Lipinski definition) is 4. The number of benzene rings is 2. The smallest absolute Gasteiger partial charge is 0.416 e. The van der Waals surface area contributed by atoms with Crippen LogP contribution in [0.25, 0.3) is 10.6 Å². The van der Waals surface area contributed by atoms with Crippen LogP contribution in [0.2, 0.25) is 0 Å². The van der Waals surface area contributed by atoms with Crippen LogP contribution in [0.5, 0.6) is 5.75 Å². The van der Waals surface area contributed by atoms with Crippen LogP contribution >= 0.6 is 11.3 Å². The van der Waals surface area contributed by atoms with Crippen molar-refractivity contribution in [3.8, 4) is 16.3 Å². The zero-order valence-electron chi connectivity index (χ0n) is 17.4. The van der Waals surface area contributed by atoms with Crippen LogP contribution in [0.3, 0.4) is 0 Å². The molecule has 0 radical (unpaired) electrons. The van der Waals surface area contributed by atoms with Crippen LogP contribution in [0.1, 0.15) is 46.0 Å². The molecular formula is C24H22F3NO3S. The Morgan fingerprint density at radius 1 is 1.22 bits per heavy atom. The fourth-order valence-electron chi connectivity index (χ4n) is 4.05. The number of thiazole rings is 1. The molecule has 1 heterocycles. The minimum absolute atomic E-state index is 0.0674. The number of ether oxygens (including phenoxy) is 1. The monoisotopic (exact) mass is 461 g/mol. The van der Waals surface area contributed by atoms with E-state index in [0.29, 0.717) is 23.6 Å². The molecule has 0 amide bonds. The molecule has 1 N–H and O–H groups in total. The number of carboxylic acid groups (broad SMARTS) is 1. The molecule has 1 aliphatic carbocycles. The number of carbonyl (C=O) groups is 1. The molecular weight excluding hydrogens is 439 g/mol. The van der Waals surface area contributed by atoms with Gasteiger partial charge in [0.15, 0.2) is 0 Å². The lowest BCUT2D eigenvalue weighted by molar-refractivity contribution is -0.138. The maximum absolute atomic E-state index is 12.8. The molecule has 0 spiro atoms. The molecule has 1 unspecified atom stereocenters. The summed E-state index contributed by atoms with van der Waals surface area (Å²) < 4.78 is 44.2. The molecule has 4 nitrogen and oxygen atoms in total. The number of aromatic nitrogens is 1. The van der Waals surface area contributed by atoms with Crippen LogP contribution in [-0.4, -0.2) is 22.7 Å². The van der Waals surface area contributed by atoms with Crippen molar-refractivity contribution in [3.63, 3.8) is 0 Å². The lowest BCUT2D eigenvalue weighted by atomic mass is 9.98. The first-order valence-corrected chi connectivity index (χ1v) is 11.1. The first-order valence-electron chi connectivity index (χ1n) is 10.3. The van der Waals surface area contributed by atoms with E-state index in [1.807, 2.05) is 25.1 Å². The summed E-state index contributed by atoms with van der Waals surface area (Å²) in [6.45, 7) is 2.37. The summed E-state index contributed by atoms with van der Waals surface area (Å²) in [7, 11) is 0. The Bertz CT molecular complexity index is 1120. The van der Waals surface area contributed by atoms with Crippen molar-refractivity contribution >= 4 is 17.3 Å². The van der Waals surface area contributed by atoms with Crippen molar-refractivity contribution in [3.05, 3.63) is 69.7 Å². The third-order valence-electron chi connectivity index (χ3n) is 5.70. The quantitative estimate of drug-likeness (QED) is 0.451. The molecule has 2 aromatic carbocycles. The third kappa shape index (κ3) is 4.96. The van der Waals surface area contributed by atoms with Crippen molar-refractivity contribution in [1.29, 1.82) is 0 Å². The van der Waals surface area contributed by atoms with Gasteiger partial charge >= 0.3 is 12.1 Å². The second-order valence-corrected chi connectivity index (χ2v) is 9.09. The molecule has 0 aliphatic heterocycles. The fourth-order valence-corrected chi connectivity index (χ4v) is 5.01. The number of fused-ring (bicyclic) bond motifs is 1. The fraction of sp³-hybridized carbons (Fsp3) is 0.333. The van der Waals surface area contributed by atoms with Crippen LogP contribution in [0.4, 0.5) is 13.2 Å². The van der Waals surface area contributed by atoms with E-state index in [1.54, 1.807) is 0 Å². The van der Waals surface area contributed by atoms with E-state index in [2.05, 4.69) is 4.98 Å². The van der Waals surface area contributed by atoms with Crippen LogP contribution in [0.15, 0.2) is 42.5 Å². The Labute approximate surface area is 187 Å². The largest absolute Gasteiger partial charge is 0.493 e. The van der Waals surface area contributed by atoms with Crippen LogP contribution in [0, 0.1) is 6.92 Å². The zero-order chi connectivity index (χ0) is 22.9. The van der Waals surface area contributed by atoms with Gasteiger partial charge in [-0.15, -0.1) is 11.3 Å². The van der Waals surface area contributed by atoms with E-state index in [0.717, 1.165) is 52.4 Å². The van der Waals surface area contributed by atoms with E-state index >= 15 is 0 Å². The van der Waals surface area contributed by atoms with Gasteiger partial charge in [-0.25, -0.2) is 4.98 Å². The molecule has 0 saturated heterocycles. The molecule has 0 fully saturated rings. The van der Waals surface area contributed by atoms with E-state index in [9.17, 15) is 18.0 Å². The van der Waals surface area contributed by atoms with Crippen LogP contribution < -0.4 is 4.74 Å². The average molecular weight is 462 g/mol. The lowest BCUT2D eigenvalue weighted by Crippen LogP contribution is -2.04. The minimum atomic E-state index is -4.35. The molecule has 3 aromatic rings. The Kier molecular flexibility index (Phi) is 6.24. The number of nitrogens with zero attached hydrogens (tertiary/aromatic N) is 1. The van der Waals surface area contributed by atoms with Crippen molar-refractivity contribution in [2.75, 3.05) is 6.61 Å². The summed E-state index contributed by atoms with van der Waals surface area (Å²) in [5, 5.41) is 9.73. The number of rotatable bonds is 7. The van der Waals surface area contributed by atoms with Crippen LogP contribution in [-0.2, 0) is 23.8 Å². The molecule has 4 rings (SSSR count). The first kappa shape index (κ1) is 22.3. The molecule has 168 valence electrons. The molecule has 0 bridgehead atoms. The Morgan fingerprint density at radius 2 is 1.97 bits per heavy atom. The van der Waals surface area contributed by atoms with Crippen molar-refractivity contribution in [2.24, 2.45) is 0 Å². The van der Waals surface area contributed by atoms with E-state index in [1.165, 1.54) is 23.5 Å². The molecule has 1 aliphatic rings. The van der Waals surface area contributed by atoms with E-state index in [-0.39, 0.29) is 12.3 Å². The van der Waals surface area contributed by atoms with Crippen molar-refractivity contribution < 1.29 is 27.8 Å². The molecule has 0 saturated carbocycles. The van der Waals surface area contributed by atoms with Gasteiger partial charge < -0.3 is 9.84 Å². The van der Waals surface area contributed by atoms with Gasteiger partial charge in [0.25, 0.3) is 0 Å². The van der Waals surface area contributed by atoms with Gasteiger partial charge in [-0.05, 0) is 61.1 Å². The number of hydrogen-bond donors (Lipinski definition) is 1. The van der Waals surface area contributed by atoms with Gasteiger partial charge in [0.1, 0.15) is 10.8 Å². The maximum Gasteiger partial charge on any atom is 0.416 e. The SMILES string of the molecule is Cc1sc(-c2ccc(C(F)(F)F)cc2)nc1CCOc1ccc2c(c1)CCC2CC(=O)O. The van der Waals surface area contributed by atoms with Gasteiger partial charge in [-0.2, -0.15) is 13.2 Å². The Hall–Kier alpha value is -2.87. The van der Waals surface area contributed by atoms with Gasteiger partial charge in [-0.3, -0.25) is 4.79 Å². The topological polar surface area (TPSA) is 59.4 Å². The van der Waals surface area contributed by atoms with Gasteiger partial charge in [-0.1, -0.05) is 18.2 Å². The predicted molar refractivity (Wildman–Crippen MR) is 116 cm³/mol. The standard InChI is InChI=1S/C24H22F3NO3S/c1-14-21(28-23(32-14)15-4-6-18(7-5-15)24(25,26)27)10-11-31-19-8-9-20-16(12-19)2-3-17(20)13-22(29)30/h4-9,12,17H,2-3,10-11,13H2,1H3,(H,29,30). The third-order valence-corrected chi connectivity index (χ3v) is 6.76. The summed E-state index contributed by atoms with van der Waals surface area (Å²) in [6, 6.07) is 10.9. The number of aliphatic carboxylic acids is 1. The first-order chi connectivity index (χ1) is 15.2. The normalized spacial score (nSPS) is 15.6. The highest BCUT2D eigenvalue weighted by Crippen LogP contribution is 2.37. The predicted octanol–water partition coefficient (Wildman–Crippen LogP) is 6.26. The van der Waals surface area contributed by atoms with Crippen molar-refractivity contribution in [2.45, 2.75) is 44.7 Å². The molecule has 1 atom stereocenters. The second kappa shape index (κ2) is 8.94. The molecule has 1 aromatic heterocycles.